The molecular formula is C21H21N3O3. The summed E-state index contributed by atoms with van der Waals surface area (Å²) in [5.41, 5.74) is 2.87. The maximum absolute atomic E-state index is 12.1. The summed E-state index contributed by atoms with van der Waals surface area (Å²) in [6, 6.07) is 16.4. The van der Waals surface area contributed by atoms with Gasteiger partial charge >= 0.3 is 0 Å². The van der Waals surface area contributed by atoms with Gasteiger partial charge in [-0.3, -0.25) is 14.4 Å². The molecule has 0 radical (unpaired) electrons. The second-order valence-corrected chi connectivity index (χ2v) is 6.36. The number of fused-ring (bicyclic) bond motifs is 1. The minimum Gasteiger partial charge on any atom is -0.354 e. The van der Waals surface area contributed by atoms with Gasteiger partial charge in [0.25, 0.3) is 11.5 Å². The van der Waals surface area contributed by atoms with E-state index in [1.165, 1.54) is 0 Å². The Labute approximate surface area is 156 Å². The van der Waals surface area contributed by atoms with Gasteiger partial charge in [-0.1, -0.05) is 29.8 Å². The van der Waals surface area contributed by atoms with E-state index in [2.05, 4.69) is 15.6 Å². The van der Waals surface area contributed by atoms with E-state index in [4.69, 9.17) is 0 Å². The van der Waals surface area contributed by atoms with E-state index in [1.807, 2.05) is 37.3 Å². The molecule has 1 aromatic heterocycles. The van der Waals surface area contributed by atoms with Crippen molar-refractivity contribution in [2.75, 3.05) is 13.1 Å². The van der Waals surface area contributed by atoms with Crippen LogP contribution in [0.5, 0.6) is 0 Å². The number of carbonyl (C=O) groups is 2. The fraction of sp³-hybridized carbons (Fsp3) is 0.190. The lowest BCUT2D eigenvalue weighted by Crippen LogP contribution is -2.38. The Hall–Kier alpha value is -3.41. The van der Waals surface area contributed by atoms with Crippen molar-refractivity contribution in [1.29, 1.82) is 0 Å². The number of pyridine rings is 1. The standard InChI is InChI=1S/C21H21N3O3/c1-14-7-8-18-17(11-14)12-16(21(27)24-18)9-10-22-19(25)13-23-20(26)15-5-3-2-4-6-15/h2-8,11-12H,9-10,13H2,1H3,(H,22,25)(H,23,26)(H,24,27). The maximum Gasteiger partial charge on any atom is 0.251 e. The van der Waals surface area contributed by atoms with Gasteiger partial charge in [0.2, 0.25) is 5.91 Å². The first-order valence-electron chi connectivity index (χ1n) is 8.75. The Balaban J connectivity index is 1.51. The number of hydrogen-bond acceptors (Lipinski definition) is 3. The van der Waals surface area contributed by atoms with E-state index >= 15 is 0 Å². The predicted octanol–water partition coefficient (Wildman–Crippen LogP) is 1.93. The fourth-order valence-electron chi connectivity index (χ4n) is 2.81. The zero-order valence-corrected chi connectivity index (χ0v) is 15.0. The van der Waals surface area contributed by atoms with E-state index in [0.29, 0.717) is 24.1 Å². The lowest BCUT2D eigenvalue weighted by molar-refractivity contribution is -0.120. The van der Waals surface area contributed by atoms with Crippen LogP contribution >= 0.6 is 0 Å². The molecule has 138 valence electrons. The molecule has 0 atom stereocenters. The normalized spacial score (nSPS) is 10.6. The third-order valence-electron chi connectivity index (χ3n) is 4.24. The number of nitrogens with one attached hydrogen (secondary N) is 3. The molecule has 0 aliphatic carbocycles. The topological polar surface area (TPSA) is 91.1 Å². The highest BCUT2D eigenvalue weighted by molar-refractivity contribution is 5.96. The molecule has 0 spiro atoms. The number of aromatic nitrogens is 1. The van der Waals surface area contributed by atoms with Gasteiger partial charge in [0, 0.05) is 23.2 Å². The van der Waals surface area contributed by atoms with Crippen molar-refractivity contribution in [3.8, 4) is 0 Å². The van der Waals surface area contributed by atoms with Gasteiger partial charge < -0.3 is 15.6 Å². The predicted molar refractivity (Wildman–Crippen MR) is 105 cm³/mol. The number of carbonyl (C=O) groups excluding carboxylic acids is 2. The van der Waals surface area contributed by atoms with Crippen LogP contribution in [-0.4, -0.2) is 29.9 Å². The van der Waals surface area contributed by atoms with Crippen molar-refractivity contribution in [2.45, 2.75) is 13.3 Å². The summed E-state index contributed by atoms with van der Waals surface area (Å²) in [7, 11) is 0. The molecule has 0 aliphatic heterocycles. The highest BCUT2D eigenvalue weighted by Gasteiger charge is 2.08. The van der Waals surface area contributed by atoms with Crippen LogP contribution in [0.4, 0.5) is 0 Å². The summed E-state index contributed by atoms with van der Waals surface area (Å²) >= 11 is 0. The molecule has 0 saturated heterocycles. The van der Waals surface area contributed by atoms with Gasteiger partial charge in [-0.15, -0.1) is 0 Å². The molecule has 3 N–H and O–H groups in total. The fourth-order valence-corrected chi connectivity index (χ4v) is 2.81. The highest BCUT2D eigenvalue weighted by Crippen LogP contribution is 2.13. The molecule has 27 heavy (non-hydrogen) atoms. The number of aryl methyl sites for hydroxylation is 1. The average molecular weight is 363 g/mol. The molecule has 0 fully saturated rings. The van der Waals surface area contributed by atoms with E-state index in [0.717, 1.165) is 16.5 Å². The monoisotopic (exact) mass is 363 g/mol. The molecule has 3 aromatic rings. The van der Waals surface area contributed by atoms with Crippen LogP contribution in [0, 0.1) is 6.92 Å². The van der Waals surface area contributed by atoms with Gasteiger partial charge in [0.05, 0.1) is 6.54 Å². The van der Waals surface area contributed by atoms with Crippen LogP contribution in [0.25, 0.3) is 10.9 Å². The molecule has 0 unspecified atom stereocenters. The van der Waals surface area contributed by atoms with Crippen LogP contribution in [0.3, 0.4) is 0 Å². The van der Waals surface area contributed by atoms with E-state index < -0.39 is 0 Å². The zero-order valence-electron chi connectivity index (χ0n) is 15.0. The molecule has 0 aliphatic rings. The second-order valence-electron chi connectivity index (χ2n) is 6.36. The second kappa shape index (κ2) is 8.31. The first kappa shape index (κ1) is 18.4. The van der Waals surface area contributed by atoms with E-state index in [1.54, 1.807) is 24.3 Å². The van der Waals surface area contributed by atoms with Gasteiger partial charge in [0.15, 0.2) is 0 Å². The molecule has 3 rings (SSSR count). The van der Waals surface area contributed by atoms with Crippen molar-refractivity contribution in [2.24, 2.45) is 0 Å². The minimum atomic E-state index is -0.299. The summed E-state index contributed by atoms with van der Waals surface area (Å²) in [5, 5.41) is 6.25. The summed E-state index contributed by atoms with van der Waals surface area (Å²) < 4.78 is 0. The van der Waals surface area contributed by atoms with Crippen LogP contribution in [0.15, 0.2) is 59.4 Å². The van der Waals surface area contributed by atoms with Crippen molar-refractivity contribution in [3.05, 3.63) is 81.6 Å². The number of H-pyrrole nitrogens is 1. The van der Waals surface area contributed by atoms with Crippen LogP contribution in [0.2, 0.25) is 0 Å². The molecular weight excluding hydrogens is 342 g/mol. The van der Waals surface area contributed by atoms with Crippen molar-refractivity contribution >= 4 is 22.7 Å². The summed E-state index contributed by atoms with van der Waals surface area (Å²) in [6.07, 6.45) is 0.414. The lowest BCUT2D eigenvalue weighted by atomic mass is 10.1. The molecule has 6 heteroatoms. The third-order valence-corrected chi connectivity index (χ3v) is 4.24. The summed E-state index contributed by atoms with van der Waals surface area (Å²) in [4.78, 5) is 38.8. The van der Waals surface area contributed by atoms with Crippen molar-refractivity contribution in [1.82, 2.24) is 15.6 Å². The molecule has 1 heterocycles. The number of amides is 2. The minimum absolute atomic E-state index is 0.110. The molecule has 0 saturated carbocycles. The Morgan fingerprint density at radius 2 is 1.78 bits per heavy atom. The van der Waals surface area contributed by atoms with Gasteiger partial charge in [-0.2, -0.15) is 0 Å². The smallest absolute Gasteiger partial charge is 0.251 e. The number of benzene rings is 2. The van der Waals surface area contributed by atoms with Crippen LogP contribution in [0.1, 0.15) is 21.5 Å². The van der Waals surface area contributed by atoms with Crippen molar-refractivity contribution in [3.63, 3.8) is 0 Å². The first-order chi connectivity index (χ1) is 13.0. The average Bonchev–Trinajstić information content (AvgIpc) is 2.67. The van der Waals surface area contributed by atoms with Gasteiger partial charge in [0.1, 0.15) is 0 Å². The zero-order chi connectivity index (χ0) is 19.2. The summed E-state index contributed by atoms with van der Waals surface area (Å²) in [5.74, 6) is -0.598. The van der Waals surface area contributed by atoms with Crippen molar-refractivity contribution < 1.29 is 9.59 Å². The number of aromatic amines is 1. The van der Waals surface area contributed by atoms with E-state index in [-0.39, 0.29) is 23.9 Å². The van der Waals surface area contributed by atoms with E-state index in [9.17, 15) is 14.4 Å². The third kappa shape index (κ3) is 4.82. The lowest BCUT2D eigenvalue weighted by Gasteiger charge is -2.08. The largest absolute Gasteiger partial charge is 0.354 e. The van der Waals surface area contributed by atoms with Crippen LogP contribution < -0.4 is 16.2 Å². The molecule has 2 amide bonds. The Morgan fingerprint density at radius 1 is 1.00 bits per heavy atom. The summed E-state index contributed by atoms with van der Waals surface area (Å²) in [6.45, 7) is 2.20. The molecule has 2 aromatic carbocycles. The Morgan fingerprint density at radius 3 is 2.56 bits per heavy atom. The Kier molecular flexibility index (Phi) is 5.66. The first-order valence-corrected chi connectivity index (χ1v) is 8.75. The Bertz CT molecular complexity index is 1030. The van der Waals surface area contributed by atoms with Gasteiger partial charge in [-0.25, -0.2) is 0 Å². The van der Waals surface area contributed by atoms with Crippen LogP contribution in [-0.2, 0) is 11.2 Å². The molecule has 0 bridgehead atoms. The SMILES string of the molecule is Cc1ccc2[nH]c(=O)c(CCNC(=O)CNC(=O)c3ccccc3)cc2c1. The quantitative estimate of drug-likeness (QED) is 0.625. The maximum atomic E-state index is 12.1. The number of rotatable bonds is 6. The van der Waals surface area contributed by atoms with Gasteiger partial charge in [-0.05, 0) is 49.1 Å². The molecule has 6 nitrogen and oxygen atoms in total. The number of hydrogen-bond donors (Lipinski definition) is 3. The highest BCUT2D eigenvalue weighted by atomic mass is 16.2.